The molecule has 4 nitrogen and oxygen atoms in total. The molecule has 2 rings (SSSR count). The highest BCUT2D eigenvalue weighted by Crippen LogP contribution is 2.30. The van der Waals surface area contributed by atoms with Gasteiger partial charge < -0.3 is 0 Å². The number of hydrogen-bond donors (Lipinski definition) is 0. The van der Waals surface area contributed by atoms with Gasteiger partial charge in [-0.25, -0.2) is 4.98 Å². The van der Waals surface area contributed by atoms with Crippen LogP contribution in [0.4, 0.5) is 5.69 Å². The maximum atomic E-state index is 10.8. The highest BCUT2D eigenvalue weighted by atomic mass is 35.5. The van der Waals surface area contributed by atoms with Crippen molar-refractivity contribution in [3.8, 4) is 11.3 Å². The fraction of sp³-hybridized carbons (Fsp3) is 0.0833. The summed E-state index contributed by atoms with van der Waals surface area (Å²) in [4.78, 5) is 14.5. The van der Waals surface area contributed by atoms with E-state index in [1.807, 2.05) is 30.3 Å². The van der Waals surface area contributed by atoms with E-state index < -0.39 is 4.92 Å². The molecule has 0 unspecified atom stereocenters. The molecule has 0 aliphatic carbocycles. The Hall–Kier alpha value is -1.94. The van der Waals surface area contributed by atoms with Crippen LogP contribution in [0.15, 0.2) is 36.4 Å². The van der Waals surface area contributed by atoms with E-state index in [0.29, 0.717) is 11.4 Å². The molecule has 0 N–H and O–H groups in total. The minimum atomic E-state index is -0.514. The van der Waals surface area contributed by atoms with E-state index in [9.17, 15) is 10.1 Å². The van der Waals surface area contributed by atoms with Crippen LogP contribution in [0.25, 0.3) is 11.3 Å². The molecule has 86 valence electrons. The van der Waals surface area contributed by atoms with Gasteiger partial charge in [-0.05, 0) is 13.0 Å². The zero-order valence-corrected chi connectivity index (χ0v) is 9.81. The summed E-state index contributed by atoms with van der Waals surface area (Å²) in [6.45, 7) is 1.58. The molecule has 17 heavy (non-hydrogen) atoms. The third-order valence-electron chi connectivity index (χ3n) is 2.37. The summed E-state index contributed by atoms with van der Waals surface area (Å²) in [5, 5.41) is 10.9. The van der Waals surface area contributed by atoms with E-state index in [-0.39, 0.29) is 10.7 Å². The monoisotopic (exact) mass is 248 g/mol. The first-order valence-electron chi connectivity index (χ1n) is 4.96. The summed E-state index contributed by atoms with van der Waals surface area (Å²) in [6.07, 6.45) is 0. The molecule has 0 aliphatic heterocycles. The average molecular weight is 249 g/mol. The molecule has 0 radical (unpaired) electrons. The van der Waals surface area contributed by atoms with E-state index in [1.54, 1.807) is 6.92 Å². The van der Waals surface area contributed by atoms with Crippen LogP contribution in [-0.2, 0) is 0 Å². The van der Waals surface area contributed by atoms with E-state index in [2.05, 4.69) is 4.98 Å². The van der Waals surface area contributed by atoms with Crippen LogP contribution in [-0.4, -0.2) is 9.91 Å². The Morgan fingerprint density at radius 2 is 1.94 bits per heavy atom. The van der Waals surface area contributed by atoms with Gasteiger partial charge in [0.2, 0.25) is 0 Å². The lowest BCUT2D eigenvalue weighted by molar-refractivity contribution is -0.385. The number of aromatic nitrogens is 1. The third kappa shape index (κ3) is 2.26. The standard InChI is InChI=1S/C12H9ClN2O2/c1-8-12(15(16)17)10(13)7-11(14-8)9-5-3-2-4-6-9/h2-7H,1H3. The molecule has 0 saturated heterocycles. The number of halogens is 1. The van der Waals surface area contributed by atoms with Crippen molar-refractivity contribution in [3.63, 3.8) is 0 Å². The van der Waals surface area contributed by atoms with Gasteiger partial charge in [0.05, 0.1) is 10.6 Å². The summed E-state index contributed by atoms with van der Waals surface area (Å²) >= 11 is 5.90. The normalized spacial score (nSPS) is 10.2. The summed E-state index contributed by atoms with van der Waals surface area (Å²) in [7, 11) is 0. The molecule has 0 bridgehead atoms. The van der Waals surface area contributed by atoms with Crippen LogP contribution in [0.2, 0.25) is 5.02 Å². The van der Waals surface area contributed by atoms with Crippen LogP contribution >= 0.6 is 11.6 Å². The fourth-order valence-corrected chi connectivity index (χ4v) is 1.91. The SMILES string of the molecule is Cc1nc(-c2ccccc2)cc(Cl)c1[N+](=O)[O-]. The van der Waals surface area contributed by atoms with Gasteiger partial charge in [0.15, 0.2) is 0 Å². The number of aryl methyl sites for hydroxylation is 1. The zero-order valence-electron chi connectivity index (χ0n) is 9.05. The summed E-state index contributed by atoms with van der Waals surface area (Å²) in [5.41, 5.74) is 1.71. The smallest absolute Gasteiger partial charge is 0.258 e. The first-order chi connectivity index (χ1) is 8.09. The Morgan fingerprint density at radius 1 is 1.29 bits per heavy atom. The van der Waals surface area contributed by atoms with Crippen molar-refractivity contribution in [1.29, 1.82) is 0 Å². The second kappa shape index (κ2) is 4.51. The van der Waals surface area contributed by atoms with Gasteiger partial charge in [-0.3, -0.25) is 10.1 Å². The lowest BCUT2D eigenvalue weighted by Crippen LogP contribution is -1.97. The second-order valence-electron chi connectivity index (χ2n) is 3.55. The van der Waals surface area contributed by atoms with Gasteiger partial charge in [-0.1, -0.05) is 41.9 Å². The van der Waals surface area contributed by atoms with Crippen LogP contribution in [0.3, 0.4) is 0 Å². The van der Waals surface area contributed by atoms with Crippen LogP contribution in [0, 0.1) is 17.0 Å². The minimum absolute atomic E-state index is 0.112. The van der Waals surface area contributed by atoms with Gasteiger partial charge in [0.1, 0.15) is 10.7 Å². The van der Waals surface area contributed by atoms with E-state index in [4.69, 9.17) is 11.6 Å². The Kier molecular flexibility index (Phi) is 3.06. The van der Waals surface area contributed by atoms with Gasteiger partial charge >= 0.3 is 5.69 Å². The number of nitrogens with zero attached hydrogens (tertiary/aromatic N) is 2. The molecule has 0 spiro atoms. The molecule has 0 aliphatic rings. The number of pyridine rings is 1. The molecule has 1 heterocycles. The Morgan fingerprint density at radius 3 is 2.47 bits per heavy atom. The Bertz CT molecular complexity index is 547. The summed E-state index contributed by atoms with van der Waals surface area (Å²) in [5.74, 6) is 0. The predicted molar refractivity (Wildman–Crippen MR) is 66.1 cm³/mol. The van der Waals surface area contributed by atoms with E-state index >= 15 is 0 Å². The topological polar surface area (TPSA) is 56.0 Å². The quantitative estimate of drug-likeness (QED) is 0.602. The lowest BCUT2D eigenvalue weighted by atomic mass is 10.1. The maximum Gasteiger partial charge on any atom is 0.308 e. The molecule has 5 heteroatoms. The van der Waals surface area contributed by atoms with E-state index in [1.165, 1.54) is 6.07 Å². The average Bonchev–Trinajstić information content (AvgIpc) is 2.28. The molecule has 0 amide bonds. The van der Waals surface area contributed by atoms with Gasteiger partial charge in [0, 0.05) is 5.56 Å². The van der Waals surface area contributed by atoms with Crippen LogP contribution < -0.4 is 0 Å². The third-order valence-corrected chi connectivity index (χ3v) is 2.66. The zero-order chi connectivity index (χ0) is 12.4. The molecular weight excluding hydrogens is 240 g/mol. The predicted octanol–water partition coefficient (Wildman–Crippen LogP) is 3.62. The van der Waals surface area contributed by atoms with Crippen molar-refractivity contribution in [2.45, 2.75) is 6.92 Å². The largest absolute Gasteiger partial charge is 0.308 e. The minimum Gasteiger partial charge on any atom is -0.258 e. The summed E-state index contributed by atoms with van der Waals surface area (Å²) in [6, 6.07) is 10.9. The molecule has 0 saturated carbocycles. The van der Waals surface area contributed by atoms with Crippen molar-refractivity contribution in [3.05, 3.63) is 57.2 Å². The number of nitro groups is 1. The fourth-order valence-electron chi connectivity index (χ4n) is 1.60. The Balaban J connectivity index is 2.57. The molecular formula is C12H9ClN2O2. The second-order valence-corrected chi connectivity index (χ2v) is 3.95. The van der Waals surface area contributed by atoms with Crippen molar-refractivity contribution in [1.82, 2.24) is 4.98 Å². The Labute approximate surface area is 103 Å². The van der Waals surface area contributed by atoms with Crippen molar-refractivity contribution in [2.24, 2.45) is 0 Å². The number of hydrogen-bond acceptors (Lipinski definition) is 3. The van der Waals surface area contributed by atoms with Gasteiger partial charge in [0.25, 0.3) is 0 Å². The highest BCUT2D eigenvalue weighted by molar-refractivity contribution is 6.33. The molecule has 1 aromatic heterocycles. The first-order valence-corrected chi connectivity index (χ1v) is 5.34. The van der Waals surface area contributed by atoms with Gasteiger partial charge in [-0.2, -0.15) is 0 Å². The van der Waals surface area contributed by atoms with Crippen molar-refractivity contribution in [2.75, 3.05) is 0 Å². The van der Waals surface area contributed by atoms with E-state index in [0.717, 1.165) is 5.56 Å². The van der Waals surface area contributed by atoms with Crippen molar-refractivity contribution >= 4 is 17.3 Å². The molecule has 0 fully saturated rings. The molecule has 2 aromatic rings. The maximum absolute atomic E-state index is 10.8. The van der Waals surface area contributed by atoms with Crippen molar-refractivity contribution < 1.29 is 4.92 Å². The molecule has 0 atom stereocenters. The van der Waals surface area contributed by atoms with Gasteiger partial charge in [-0.15, -0.1) is 0 Å². The summed E-state index contributed by atoms with van der Waals surface area (Å²) < 4.78 is 0. The van der Waals surface area contributed by atoms with Crippen LogP contribution in [0.1, 0.15) is 5.69 Å². The lowest BCUT2D eigenvalue weighted by Gasteiger charge is -2.04. The number of benzene rings is 1. The first kappa shape index (κ1) is 11.5. The molecule has 1 aromatic carbocycles. The van der Waals surface area contributed by atoms with Crippen LogP contribution in [0.5, 0.6) is 0 Å². The number of rotatable bonds is 2. The highest BCUT2D eigenvalue weighted by Gasteiger charge is 2.18.